The smallest absolute Gasteiger partial charge is 0.134 e. The molecule has 3 rings (SSSR count). The van der Waals surface area contributed by atoms with Gasteiger partial charge in [0.25, 0.3) is 0 Å². The molecule has 2 N–H and O–H groups in total. The van der Waals surface area contributed by atoms with E-state index in [-0.39, 0.29) is 13.2 Å². The Bertz CT molecular complexity index is 820. The van der Waals surface area contributed by atoms with Gasteiger partial charge in [0.05, 0.1) is 33.6 Å². The zero-order chi connectivity index (χ0) is 18.5. The van der Waals surface area contributed by atoms with E-state index in [4.69, 9.17) is 29.0 Å². The largest absolute Gasteiger partial charge is 0.497 e. The van der Waals surface area contributed by atoms with Crippen LogP contribution in [-0.2, 0) is 6.54 Å². The molecular formula is C19H22N2O5. The predicted octanol–water partition coefficient (Wildman–Crippen LogP) is 2.26. The average Bonchev–Trinajstić information content (AvgIpc) is 2.70. The minimum atomic E-state index is -0.0568. The van der Waals surface area contributed by atoms with Crippen LogP contribution in [0.5, 0.6) is 23.0 Å². The number of fused-ring (bicyclic) bond motifs is 1. The van der Waals surface area contributed by atoms with Crippen molar-refractivity contribution in [2.45, 2.75) is 6.54 Å². The maximum absolute atomic E-state index is 8.96. The molecule has 26 heavy (non-hydrogen) atoms. The van der Waals surface area contributed by atoms with E-state index in [1.165, 1.54) is 0 Å². The minimum absolute atomic E-state index is 0.0568. The molecule has 0 aliphatic carbocycles. The number of nitrogens with zero attached hydrogens (tertiary/aromatic N) is 1. The van der Waals surface area contributed by atoms with Gasteiger partial charge in [0, 0.05) is 35.9 Å². The van der Waals surface area contributed by atoms with Crippen LogP contribution in [0.25, 0.3) is 0 Å². The number of aliphatic imine (C=N–C) groups is 1. The molecular weight excluding hydrogens is 336 g/mol. The lowest BCUT2D eigenvalue weighted by Crippen LogP contribution is -2.27. The minimum Gasteiger partial charge on any atom is -0.497 e. The normalized spacial score (nSPS) is 12.5. The molecule has 0 aromatic heterocycles. The molecule has 1 aliphatic heterocycles. The van der Waals surface area contributed by atoms with Gasteiger partial charge in [-0.2, -0.15) is 0 Å². The van der Waals surface area contributed by atoms with Crippen molar-refractivity contribution in [1.82, 2.24) is 5.32 Å². The van der Waals surface area contributed by atoms with Gasteiger partial charge in [-0.1, -0.05) is 0 Å². The van der Waals surface area contributed by atoms with E-state index in [0.29, 0.717) is 29.6 Å². The summed E-state index contributed by atoms with van der Waals surface area (Å²) in [6.45, 7) is 0.730. The molecule has 0 unspecified atom stereocenters. The van der Waals surface area contributed by atoms with Crippen molar-refractivity contribution in [2.24, 2.45) is 4.99 Å². The average molecular weight is 358 g/mol. The maximum atomic E-state index is 8.96. The van der Waals surface area contributed by atoms with Gasteiger partial charge in [-0.3, -0.25) is 0 Å². The standard InChI is InChI=1S/C19H22N2O5/c1-23-13-6-12(7-15(8-13)26-5-4-22)19-20-11-16-17(21-19)9-14(24-2)10-18(16)25-3/h6-10,22H,4-5,11H2,1-3H3,(H,20,21). The van der Waals surface area contributed by atoms with E-state index >= 15 is 0 Å². The molecule has 7 nitrogen and oxygen atoms in total. The fourth-order valence-electron chi connectivity index (χ4n) is 2.76. The number of rotatable bonds is 7. The Morgan fingerprint density at radius 3 is 2.38 bits per heavy atom. The second-order valence-electron chi connectivity index (χ2n) is 5.61. The summed E-state index contributed by atoms with van der Waals surface area (Å²) in [6, 6.07) is 9.21. The summed E-state index contributed by atoms with van der Waals surface area (Å²) < 4.78 is 21.6. The monoisotopic (exact) mass is 358 g/mol. The number of hydrogen-bond acceptors (Lipinski definition) is 7. The highest BCUT2D eigenvalue weighted by Crippen LogP contribution is 2.36. The van der Waals surface area contributed by atoms with Crippen LogP contribution in [0.2, 0.25) is 0 Å². The zero-order valence-corrected chi connectivity index (χ0v) is 15.0. The Morgan fingerprint density at radius 1 is 0.962 bits per heavy atom. The second-order valence-corrected chi connectivity index (χ2v) is 5.61. The second kappa shape index (κ2) is 7.97. The van der Waals surface area contributed by atoms with Crippen LogP contribution in [0.1, 0.15) is 11.1 Å². The summed E-state index contributed by atoms with van der Waals surface area (Å²) in [5.41, 5.74) is 2.58. The lowest BCUT2D eigenvalue weighted by molar-refractivity contribution is 0.201. The molecule has 0 bridgehead atoms. The SMILES string of the molecule is COc1cc(OCCO)cc(C2=Nc3cc(OC)cc(OC)c3CN2)c1. The van der Waals surface area contributed by atoms with Gasteiger partial charge in [0.2, 0.25) is 0 Å². The number of aliphatic hydroxyl groups is 1. The number of methoxy groups -OCH3 is 3. The van der Waals surface area contributed by atoms with Gasteiger partial charge in [-0.15, -0.1) is 0 Å². The number of benzene rings is 2. The molecule has 0 radical (unpaired) electrons. The van der Waals surface area contributed by atoms with Crippen LogP contribution in [0, 0.1) is 0 Å². The van der Waals surface area contributed by atoms with E-state index < -0.39 is 0 Å². The van der Waals surface area contributed by atoms with Gasteiger partial charge >= 0.3 is 0 Å². The maximum Gasteiger partial charge on any atom is 0.134 e. The molecule has 138 valence electrons. The fraction of sp³-hybridized carbons (Fsp3) is 0.316. The predicted molar refractivity (Wildman–Crippen MR) is 98.2 cm³/mol. The summed E-state index contributed by atoms with van der Waals surface area (Å²) in [5, 5.41) is 12.3. The number of aliphatic hydroxyl groups excluding tert-OH is 1. The van der Waals surface area contributed by atoms with E-state index in [0.717, 1.165) is 22.6 Å². The summed E-state index contributed by atoms with van der Waals surface area (Å²) in [7, 11) is 4.83. The highest BCUT2D eigenvalue weighted by Gasteiger charge is 2.19. The van der Waals surface area contributed by atoms with Crippen LogP contribution >= 0.6 is 0 Å². The summed E-state index contributed by atoms with van der Waals surface area (Å²) in [6.07, 6.45) is 0. The third-order valence-corrected chi connectivity index (χ3v) is 4.03. The van der Waals surface area contributed by atoms with E-state index in [1.54, 1.807) is 27.4 Å². The van der Waals surface area contributed by atoms with Gasteiger partial charge in [0.15, 0.2) is 0 Å². The van der Waals surface area contributed by atoms with Crippen LogP contribution in [0.15, 0.2) is 35.3 Å². The Morgan fingerprint density at radius 2 is 1.69 bits per heavy atom. The molecule has 7 heteroatoms. The number of ether oxygens (including phenoxy) is 4. The quantitative estimate of drug-likeness (QED) is 0.790. The van der Waals surface area contributed by atoms with E-state index in [2.05, 4.69) is 5.32 Å². The van der Waals surface area contributed by atoms with Gasteiger partial charge in [0.1, 0.15) is 35.4 Å². The first kappa shape index (κ1) is 17.9. The van der Waals surface area contributed by atoms with Gasteiger partial charge in [-0.25, -0.2) is 4.99 Å². The first-order valence-electron chi connectivity index (χ1n) is 8.19. The zero-order valence-electron chi connectivity index (χ0n) is 15.0. The first-order valence-corrected chi connectivity index (χ1v) is 8.19. The highest BCUT2D eigenvalue weighted by molar-refractivity contribution is 6.02. The van der Waals surface area contributed by atoms with Crippen molar-refractivity contribution < 1.29 is 24.1 Å². The van der Waals surface area contributed by atoms with Crippen molar-refractivity contribution in [2.75, 3.05) is 34.5 Å². The Labute approximate surface area is 152 Å². The van der Waals surface area contributed by atoms with Gasteiger partial charge < -0.3 is 29.4 Å². The van der Waals surface area contributed by atoms with Gasteiger partial charge in [-0.05, 0) is 12.1 Å². The van der Waals surface area contributed by atoms with Crippen LogP contribution in [0.4, 0.5) is 5.69 Å². The van der Waals surface area contributed by atoms with Crippen LogP contribution in [-0.4, -0.2) is 45.5 Å². The molecule has 0 spiro atoms. The summed E-state index contributed by atoms with van der Waals surface area (Å²) >= 11 is 0. The molecule has 2 aromatic carbocycles. The fourth-order valence-corrected chi connectivity index (χ4v) is 2.76. The third-order valence-electron chi connectivity index (χ3n) is 4.03. The van der Waals surface area contributed by atoms with Crippen molar-refractivity contribution in [3.63, 3.8) is 0 Å². The Kier molecular flexibility index (Phi) is 5.48. The number of nitrogens with one attached hydrogen (secondary N) is 1. The summed E-state index contributed by atoms with van der Waals surface area (Å²) in [5.74, 6) is 3.36. The molecule has 0 atom stereocenters. The van der Waals surface area contributed by atoms with E-state index in [9.17, 15) is 0 Å². The third kappa shape index (κ3) is 3.67. The van der Waals surface area contributed by atoms with E-state index in [1.807, 2.05) is 24.3 Å². The molecule has 0 amide bonds. The van der Waals surface area contributed by atoms with Crippen molar-refractivity contribution in [3.05, 3.63) is 41.5 Å². The summed E-state index contributed by atoms with van der Waals surface area (Å²) in [4.78, 5) is 4.71. The Hall–Kier alpha value is -2.93. The molecule has 0 fully saturated rings. The van der Waals surface area contributed by atoms with Crippen molar-refractivity contribution in [1.29, 1.82) is 0 Å². The lowest BCUT2D eigenvalue weighted by atomic mass is 10.1. The first-order chi connectivity index (χ1) is 12.7. The Balaban J connectivity index is 2.01. The van der Waals surface area contributed by atoms with Crippen LogP contribution in [0.3, 0.4) is 0 Å². The van der Waals surface area contributed by atoms with Crippen molar-refractivity contribution >= 4 is 11.5 Å². The molecule has 1 aliphatic rings. The molecule has 1 heterocycles. The van der Waals surface area contributed by atoms with Crippen LogP contribution < -0.4 is 24.3 Å². The lowest BCUT2D eigenvalue weighted by Gasteiger charge is -2.21. The molecule has 0 saturated heterocycles. The topological polar surface area (TPSA) is 81.5 Å². The molecule has 2 aromatic rings. The number of amidine groups is 1. The number of hydrogen-bond donors (Lipinski definition) is 2. The van der Waals surface area contributed by atoms with Crippen molar-refractivity contribution in [3.8, 4) is 23.0 Å². The molecule has 0 saturated carbocycles. The highest BCUT2D eigenvalue weighted by atomic mass is 16.5.